The van der Waals surface area contributed by atoms with Crippen molar-refractivity contribution < 1.29 is 24.1 Å². The van der Waals surface area contributed by atoms with Gasteiger partial charge in [-0.1, -0.05) is 0 Å². The van der Waals surface area contributed by atoms with Crippen LogP contribution in [0.25, 0.3) is 0 Å². The summed E-state index contributed by atoms with van der Waals surface area (Å²) in [5, 5.41) is 17.5. The van der Waals surface area contributed by atoms with Gasteiger partial charge in [-0.05, 0) is 6.92 Å². The Hall–Kier alpha value is -0.220. The Labute approximate surface area is 71.2 Å². The van der Waals surface area contributed by atoms with E-state index in [1.165, 1.54) is 0 Å². The fraction of sp³-hybridized carbons (Fsp3) is 1.00. The van der Waals surface area contributed by atoms with Crippen molar-refractivity contribution in [2.75, 3.05) is 19.4 Å². The van der Waals surface area contributed by atoms with E-state index < -0.39 is 13.8 Å². The zero-order valence-electron chi connectivity index (χ0n) is 6.84. The van der Waals surface area contributed by atoms with Crippen molar-refractivity contribution in [1.82, 2.24) is 0 Å². The van der Waals surface area contributed by atoms with Crippen molar-refractivity contribution in [3.05, 3.63) is 0 Å². The molecule has 0 aromatic heterocycles. The predicted molar refractivity (Wildman–Crippen MR) is 41.7 cm³/mol. The number of aliphatic hydroxyl groups excluding tert-OH is 2. The first-order valence-corrected chi connectivity index (χ1v) is 4.95. The van der Waals surface area contributed by atoms with Gasteiger partial charge in [0.25, 0.3) is 0 Å². The van der Waals surface area contributed by atoms with Crippen LogP contribution in [0.4, 0.5) is 0 Å². The Kier molecular flexibility index (Phi) is 6.20. The number of rotatable bonds is 6. The van der Waals surface area contributed by atoms with Crippen LogP contribution in [-0.2, 0) is 13.9 Å². The van der Waals surface area contributed by atoms with Crippen molar-refractivity contribution >= 4 is 7.68 Å². The van der Waals surface area contributed by atoms with Crippen molar-refractivity contribution in [3.63, 3.8) is 0 Å². The van der Waals surface area contributed by atoms with Crippen LogP contribution in [0.3, 0.4) is 0 Å². The summed E-state index contributed by atoms with van der Waals surface area (Å²) in [7, 11) is -2.57. The van der Waals surface area contributed by atoms with E-state index in [1.54, 1.807) is 6.92 Å². The van der Waals surface area contributed by atoms with Gasteiger partial charge in [0.05, 0.1) is 31.6 Å². The zero-order valence-corrected chi connectivity index (χ0v) is 7.74. The first kappa shape index (κ1) is 11.8. The third-order valence-corrected chi connectivity index (χ3v) is 1.91. The summed E-state index contributed by atoms with van der Waals surface area (Å²) >= 11 is 0. The molecule has 12 heavy (non-hydrogen) atoms. The lowest BCUT2D eigenvalue weighted by Crippen LogP contribution is -2.23. The number of aliphatic hydroxyl groups is 2. The minimum absolute atomic E-state index is 0.0644. The smallest absolute Gasteiger partial charge is 0.318 e. The number of hydrogen-bond acceptors (Lipinski definition) is 5. The molecule has 0 saturated carbocycles. The van der Waals surface area contributed by atoms with Crippen molar-refractivity contribution in [3.8, 4) is 0 Å². The average molecular weight is 196 g/mol. The summed E-state index contributed by atoms with van der Waals surface area (Å²) in [6, 6.07) is 0. The lowest BCUT2D eigenvalue weighted by molar-refractivity contribution is -0.0169. The molecule has 2 atom stereocenters. The molecule has 0 amide bonds. The highest BCUT2D eigenvalue weighted by Gasteiger charge is 2.09. The Bertz CT molecular complexity index is 171. The molecule has 72 valence electrons. The Balaban J connectivity index is 3.49. The normalized spacial score (nSPS) is 15.6. The third-order valence-electron chi connectivity index (χ3n) is 1.19. The quantitative estimate of drug-likeness (QED) is 0.580. The lowest BCUT2D eigenvalue weighted by atomic mass is 10.4. The minimum atomic E-state index is -2.57. The van der Waals surface area contributed by atoms with Crippen LogP contribution >= 0.6 is 7.68 Å². The first-order chi connectivity index (χ1) is 5.56. The summed E-state index contributed by atoms with van der Waals surface area (Å²) in [6.45, 7) is 1.42. The topological polar surface area (TPSA) is 83.8 Å². The van der Waals surface area contributed by atoms with Crippen LogP contribution in [0, 0.1) is 0 Å². The van der Waals surface area contributed by atoms with Crippen molar-refractivity contribution in [1.29, 1.82) is 0 Å². The van der Waals surface area contributed by atoms with Crippen molar-refractivity contribution in [2.45, 2.75) is 19.1 Å². The SMILES string of the molecule is CC(CO)OCC(O)CP(=O)=O. The Morgan fingerprint density at radius 1 is 1.50 bits per heavy atom. The lowest BCUT2D eigenvalue weighted by Gasteiger charge is -2.11. The summed E-state index contributed by atoms with van der Waals surface area (Å²) in [6.07, 6.45) is -1.67. The zero-order chi connectivity index (χ0) is 9.56. The highest BCUT2D eigenvalue weighted by atomic mass is 31.1. The van der Waals surface area contributed by atoms with E-state index in [2.05, 4.69) is 0 Å². The predicted octanol–water partition coefficient (Wildman–Crippen LogP) is -0.0824. The monoisotopic (exact) mass is 196 g/mol. The molecule has 6 heteroatoms. The molecule has 0 aliphatic carbocycles. The largest absolute Gasteiger partial charge is 0.394 e. The molecule has 5 nitrogen and oxygen atoms in total. The third kappa shape index (κ3) is 6.49. The highest BCUT2D eigenvalue weighted by Crippen LogP contribution is 2.05. The molecule has 2 N–H and O–H groups in total. The Morgan fingerprint density at radius 3 is 2.50 bits per heavy atom. The van der Waals surface area contributed by atoms with Crippen molar-refractivity contribution in [2.24, 2.45) is 0 Å². The Morgan fingerprint density at radius 2 is 2.08 bits per heavy atom. The maximum Gasteiger partial charge on any atom is 0.318 e. The molecular formula is C6H13O5P. The van der Waals surface area contributed by atoms with Gasteiger partial charge in [0.2, 0.25) is 0 Å². The average Bonchev–Trinajstić information content (AvgIpc) is 1.99. The van der Waals surface area contributed by atoms with Gasteiger partial charge in [-0.3, -0.25) is 0 Å². The van der Waals surface area contributed by atoms with Gasteiger partial charge in [-0.25, -0.2) is 9.13 Å². The van der Waals surface area contributed by atoms with E-state index >= 15 is 0 Å². The molecule has 0 aliphatic rings. The highest BCUT2D eigenvalue weighted by molar-refractivity contribution is 7.30. The fourth-order valence-corrected chi connectivity index (χ4v) is 1.00. The van der Waals surface area contributed by atoms with Gasteiger partial charge < -0.3 is 14.9 Å². The van der Waals surface area contributed by atoms with Gasteiger partial charge in [0.15, 0.2) is 0 Å². The van der Waals surface area contributed by atoms with Crippen LogP contribution < -0.4 is 0 Å². The standard InChI is InChI=1S/C6H13O5P/c1-5(2-7)11-3-6(8)4-12(9)10/h5-8H,2-4H2,1H3. The number of hydrogen-bond donors (Lipinski definition) is 2. The second-order valence-corrected chi connectivity index (χ2v) is 3.53. The molecule has 0 rings (SSSR count). The summed E-state index contributed by atoms with van der Waals surface area (Å²) < 4.78 is 25.1. The number of ether oxygens (including phenoxy) is 1. The van der Waals surface area contributed by atoms with Crippen LogP contribution in [0.15, 0.2) is 0 Å². The second-order valence-electron chi connectivity index (χ2n) is 2.50. The van der Waals surface area contributed by atoms with E-state index in [9.17, 15) is 9.13 Å². The maximum absolute atomic E-state index is 10.1. The van der Waals surface area contributed by atoms with Crippen LogP contribution in [0.1, 0.15) is 6.92 Å². The van der Waals surface area contributed by atoms with Gasteiger partial charge in [0, 0.05) is 0 Å². The molecule has 0 bridgehead atoms. The molecule has 0 aromatic carbocycles. The molecule has 0 spiro atoms. The molecule has 0 fully saturated rings. The van der Waals surface area contributed by atoms with Crippen LogP contribution in [-0.4, -0.2) is 41.8 Å². The van der Waals surface area contributed by atoms with E-state index in [4.69, 9.17) is 14.9 Å². The molecule has 0 radical (unpaired) electrons. The van der Waals surface area contributed by atoms with Crippen LogP contribution in [0.2, 0.25) is 0 Å². The van der Waals surface area contributed by atoms with Gasteiger partial charge in [0.1, 0.15) is 0 Å². The van der Waals surface area contributed by atoms with Gasteiger partial charge in [-0.15, -0.1) is 0 Å². The molecule has 0 aromatic rings. The maximum atomic E-state index is 10.1. The van der Waals surface area contributed by atoms with E-state index in [-0.39, 0.29) is 25.5 Å². The fourth-order valence-electron chi connectivity index (χ4n) is 0.553. The molecule has 0 saturated heterocycles. The molecule has 0 aliphatic heterocycles. The van der Waals surface area contributed by atoms with E-state index in [1.807, 2.05) is 0 Å². The first-order valence-electron chi connectivity index (χ1n) is 3.58. The molecule has 2 unspecified atom stereocenters. The van der Waals surface area contributed by atoms with Gasteiger partial charge >= 0.3 is 7.68 Å². The summed E-state index contributed by atoms with van der Waals surface area (Å²) in [4.78, 5) is 0. The molecule has 0 heterocycles. The minimum Gasteiger partial charge on any atom is -0.394 e. The molecular weight excluding hydrogens is 183 g/mol. The second kappa shape index (κ2) is 6.31. The van der Waals surface area contributed by atoms with E-state index in [0.29, 0.717) is 0 Å². The summed E-state index contributed by atoms with van der Waals surface area (Å²) in [5.41, 5.74) is 0. The van der Waals surface area contributed by atoms with E-state index in [0.717, 1.165) is 0 Å². The van der Waals surface area contributed by atoms with Crippen LogP contribution in [0.5, 0.6) is 0 Å². The summed E-state index contributed by atoms with van der Waals surface area (Å²) in [5.74, 6) is 0. The van der Waals surface area contributed by atoms with Gasteiger partial charge in [-0.2, -0.15) is 0 Å².